The molecule has 5 heteroatoms. The van der Waals surface area contributed by atoms with Crippen LogP contribution >= 0.6 is 0 Å². The molecule has 0 radical (unpaired) electrons. The molecule has 5 nitrogen and oxygen atoms in total. The molecule has 0 spiro atoms. The third kappa shape index (κ3) is 4.48. The lowest BCUT2D eigenvalue weighted by Gasteiger charge is -2.14. The Morgan fingerprint density at radius 1 is 1.43 bits per heavy atom. The molecule has 1 aromatic rings. The second-order valence-electron chi connectivity index (χ2n) is 5.71. The van der Waals surface area contributed by atoms with Crippen molar-refractivity contribution in [2.75, 3.05) is 18.4 Å². The summed E-state index contributed by atoms with van der Waals surface area (Å²) in [5.74, 6) is -0.364. The van der Waals surface area contributed by atoms with Crippen LogP contribution in [0.4, 0.5) is 5.69 Å². The fourth-order valence-electron chi connectivity index (χ4n) is 2.60. The minimum absolute atomic E-state index is 0.0284. The number of benzene rings is 1. The van der Waals surface area contributed by atoms with E-state index in [-0.39, 0.29) is 24.2 Å². The molecule has 21 heavy (non-hydrogen) atoms. The summed E-state index contributed by atoms with van der Waals surface area (Å²) in [5, 5.41) is 14.8. The zero-order valence-corrected chi connectivity index (χ0v) is 12.3. The number of amides is 1. The largest absolute Gasteiger partial charge is 0.481 e. The van der Waals surface area contributed by atoms with Crippen molar-refractivity contribution < 1.29 is 14.7 Å². The Hall–Kier alpha value is -2.04. The van der Waals surface area contributed by atoms with Gasteiger partial charge in [-0.2, -0.15) is 0 Å². The van der Waals surface area contributed by atoms with Crippen molar-refractivity contribution >= 4 is 17.6 Å². The number of fused-ring (bicyclic) bond motifs is 1. The molecule has 1 aliphatic rings. The fourth-order valence-corrected chi connectivity index (χ4v) is 2.60. The molecule has 114 valence electrons. The van der Waals surface area contributed by atoms with Gasteiger partial charge in [0.1, 0.15) is 0 Å². The van der Waals surface area contributed by atoms with Crippen LogP contribution in [0.15, 0.2) is 24.3 Å². The predicted octanol–water partition coefficient (Wildman–Crippen LogP) is 2.20. The van der Waals surface area contributed by atoms with Crippen LogP contribution in [-0.2, 0) is 9.59 Å². The summed E-state index contributed by atoms with van der Waals surface area (Å²) in [6, 6.07) is 8.06. The number of carboxylic acid groups (broad SMARTS) is 1. The van der Waals surface area contributed by atoms with E-state index in [0.717, 1.165) is 12.2 Å². The van der Waals surface area contributed by atoms with Crippen LogP contribution in [0.25, 0.3) is 0 Å². The first-order valence-corrected chi connectivity index (χ1v) is 7.37. The highest BCUT2D eigenvalue weighted by atomic mass is 16.4. The maximum atomic E-state index is 12.0. The quantitative estimate of drug-likeness (QED) is 0.719. The number of hydrogen-bond donors (Lipinski definition) is 3. The van der Waals surface area contributed by atoms with Crippen LogP contribution in [-0.4, -0.2) is 30.1 Å². The van der Waals surface area contributed by atoms with Crippen molar-refractivity contribution in [1.82, 2.24) is 5.32 Å². The standard InChI is InChI=1S/C16H22N2O3/c1-11(6-7-16(20)21)9-18-15(19)8-12-10-17-14-5-3-2-4-13(12)14/h2-5,11-12,17H,6-10H2,1H3,(H,18,19)(H,20,21). The van der Waals surface area contributed by atoms with Gasteiger partial charge in [-0.25, -0.2) is 0 Å². The number of para-hydroxylation sites is 1. The highest BCUT2D eigenvalue weighted by Gasteiger charge is 2.23. The summed E-state index contributed by atoms with van der Waals surface area (Å²) >= 11 is 0. The second-order valence-corrected chi connectivity index (χ2v) is 5.71. The Bertz CT molecular complexity index is 516. The number of carbonyl (C=O) groups excluding carboxylic acids is 1. The molecular weight excluding hydrogens is 268 g/mol. The Balaban J connectivity index is 1.74. The molecule has 0 aromatic heterocycles. The summed E-state index contributed by atoms with van der Waals surface area (Å²) in [5.41, 5.74) is 2.32. The Labute approximate surface area is 124 Å². The molecular formula is C16H22N2O3. The molecule has 0 saturated heterocycles. The molecule has 0 aliphatic carbocycles. The normalized spacial score (nSPS) is 17.7. The van der Waals surface area contributed by atoms with Gasteiger partial charge in [-0.05, 0) is 24.0 Å². The molecule has 2 unspecified atom stereocenters. The van der Waals surface area contributed by atoms with Crippen LogP contribution in [0.2, 0.25) is 0 Å². The van der Waals surface area contributed by atoms with E-state index in [2.05, 4.69) is 16.7 Å². The summed E-state index contributed by atoms with van der Waals surface area (Å²) in [6.07, 6.45) is 1.20. The summed E-state index contributed by atoms with van der Waals surface area (Å²) < 4.78 is 0. The minimum atomic E-state index is -0.790. The van der Waals surface area contributed by atoms with E-state index in [9.17, 15) is 9.59 Å². The van der Waals surface area contributed by atoms with Crippen molar-refractivity contribution in [2.45, 2.75) is 32.1 Å². The highest BCUT2D eigenvalue weighted by molar-refractivity contribution is 5.78. The summed E-state index contributed by atoms with van der Waals surface area (Å²) in [4.78, 5) is 22.5. The van der Waals surface area contributed by atoms with Crippen molar-refractivity contribution in [3.05, 3.63) is 29.8 Å². The van der Waals surface area contributed by atoms with Gasteiger partial charge in [0.05, 0.1) is 0 Å². The van der Waals surface area contributed by atoms with E-state index in [1.165, 1.54) is 5.56 Å². The second kappa shape index (κ2) is 7.11. The molecule has 2 atom stereocenters. The van der Waals surface area contributed by atoms with Crippen molar-refractivity contribution in [1.29, 1.82) is 0 Å². The number of anilines is 1. The number of hydrogen-bond acceptors (Lipinski definition) is 3. The third-order valence-electron chi connectivity index (χ3n) is 3.87. The van der Waals surface area contributed by atoms with E-state index in [4.69, 9.17) is 5.11 Å². The van der Waals surface area contributed by atoms with Crippen molar-refractivity contribution in [2.24, 2.45) is 5.92 Å². The van der Waals surface area contributed by atoms with Gasteiger partial charge in [-0.3, -0.25) is 9.59 Å². The predicted molar refractivity (Wildman–Crippen MR) is 81.3 cm³/mol. The smallest absolute Gasteiger partial charge is 0.303 e. The van der Waals surface area contributed by atoms with Crippen LogP contribution in [0.5, 0.6) is 0 Å². The average molecular weight is 290 g/mol. The van der Waals surface area contributed by atoms with Crippen LogP contribution < -0.4 is 10.6 Å². The van der Waals surface area contributed by atoms with Gasteiger partial charge in [-0.15, -0.1) is 0 Å². The number of nitrogens with one attached hydrogen (secondary N) is 2. The zero-order valence-electron chi connectivity index (χ0n) is 12.3. The Morgan fingerprint density at radius 3 is 2.95 bits per heavy atom. The maximum absolute atomic E-state index is 12.0. The molecule has 2 rings (SSSR count). The molecule has 3 N–H and O–H groups in total. The monoisotopic (exact) mass is 290 g/mol. The minimum Gasteiger partial charge on any atom is -0.481 e. The van der Waals surface area contributed by atoms with Gasteiger partial charge in [0.2, 0.25) is 5.91 Å². The number of carboxylic acids is 1. The first kappa shape index (κ1) is 15.4. The lowest BCUT2D eigenvalue weighted by Crippen LogP contribution is -2.30. The Kier molecular flexibility index (Phi) is 5.20. The van der Waals surface area contributed by atoms with Crippen LogP contribution in [0.3, 0.4) is 0 Å². The summed E-state index contributed by atoms with van der Waals surface area (Å²) in [7, 11) is 0. The number of rotatable bonds is 7. The molecule has 0 bridgehead atoms. The van der Waals surface area contributed by atoms with Crippen molar-refractivity contribution in [3.63, 3.8) is 0 Å². The van der Waals surface area contributed by atoms with Crippen LogP contribution in [0, 0.1) is 5.92 Å². The van der Waals surface area contributed by atoms with Gasteiger partial charge in [0.25, 0.3) is 0 Å². The topological polar surface area (TPSA) is 78.4 Å². The third-order valence-corrected chi connectivity index (χ3v) is 3.87. The van der Waals surface area contributed by atoms with E-state index in [1.807, 2.05) is 25.1 Å². The fraction of sp³-hybridized carbons (Fsp3) is 0.500. The van der Waals surface area contributed by atoms with E-state index in [1.54, 1.807) is 0 Å². The maximum Gasteiger partial charge on any atom is 0.303 e. The van der Waals surface area contributed by atoms with Gasteiger partial charge < -0.3 is 15.7 Å². The molecule has 1 aliphatic heterocycles. The van der Waals surface area contributed by atoms with E-state index in [0.29, 0.717) is 19.4 Å². The number of carbonyl (C=O) groups is 2. The SMILES string of the molecule is CC(CCC(=O)O)CNC(=O)CC1CNc2ccccc21. The highest BCUT2D eigenvalue weighted by Crippen LogP contribution is 2.32. The van der Waals surface area contributed by atoms with Gasteiger partial charge in [-0.1, -0.05) is 25.1 Å². The van der Waals surface area contributed by atoms with Gasteiger partial charge in [0.15, 0.2) is 0 Å². The van der Waals surface area contributed by atoms with E-state index < -0.39 is 5.97 Å². The zero-order chi connectivity index (χ0) is 15.2. The lowest BCUT2D eigenvalue weighted by molar-refractivity contribution is -0.137. The molecule has 0 fully saturated rings. The molecule has 0 saturated carbocycles. The first-order chi connectivity index (χ1) is 10.1. The molecule has 1 amide bonds. The van der Waals surface area contributed by atoms with Crippen molar-refractivity contribution in [3.8, 4) is 0 Å². The Morgan fingerprint density at radius 2 is 2.19 bits per heavy atom. The first-order valence-electron chi connectivity index (χ1n) is 7.37. The van der Waals surface area contributed by atoms with Crippen LogP contribution in [0.1, 0.15) is 37.7 Å². The lowest BCUT2D eigenvalue weighted by atomic mass is 9.97. The average Bonchev–Trinajstić information content (AvgIpc) is 2.86. The molecule has 1 heterocycles. The summed E-state index contributed by atoms with van der Waals surface area (Å²) in [6.45, 7) is 3.28. The molecule has 1 aromatic carbocycles. The van der Waals surface area contributed by atoms with Gasteiger partial charge >= 0.3 is 5.97 Å². The van der Waals surface area contributed by atoms with Gasteiger partial charge in [0, 0.05) is 37.5 Å². The van der Waals surface area contributed by atoms with E-state index >= 15 is 0 Å². The number of aliphatic carboxylic acids is 1.